The van der Waals surface area contributed by atoms with Crippen LogP contribution >= 0.6 is 0 Å². The number of benzene rings is 2. The molecule has 0 saturated carbocycles. The molecule has 22 heavy (non-hydrogen) atoms. The summed E-state index contributed by atoms with van der Waals surface area (Å²) in [6.07, 6.45) is 1.84. The Balaban J connectivity index is 1.66. The third-order valence-electron chi connectivity index (χ3n) is 4.26. The van der Waals surface area contributed by atoms with Crippen LogP contribution in [-0.2, 0) is 0 Å². The fourth-order valence-electron chi connectivity index (χ4n) is 2.89. The molecule has 1 fully saturated rings. The summed E-state index contributed by atoms with van der Waals surface area (Å²) < 4.78 is 0. The van der Waals surface area contributed by atoms with Crippen LogP contribution in [0.3, 0.4) is 0 Å². The van der Waals surface area contributed by atoms with E-state index in [1.807, 2.05) is 12.3 Å². The number of hydrogen-bond acceptors (Lipinski definition) is 4. The van der Waals surface area contributed by atoms with E-state index in [0.717, 1.165) is 36.8 Å². The first-order valence-corrected chi connectivity index (χ1v) is 7.61. The van der Waals surface area contributed by atoms with Gasteiger partial charge in [-0.1, -0.05) is 36.4 Å². The third kappa shape index (κ3) is 2.31. The Labute approximate surface area is 129 Å². The van der Waals surface area contributed by atoms with Crippen molar-refractivity contribution in [3.63, 3.8) is 0 Å². The number of hydrogen-bond donors (Lipinski definition) is 1. The molecule has 0 unspecified atom stereocenters. The highest BCUT2D eigenvalue weighted by Crippen LogP contribution is 2.26. The molecule has 4 rings (SSSR count). The lowest BCUT2D eigenvalue weighted by atomic mass is 10.0. The maximum absolute atomic E-state index is 5.68. The third-order valence-corrected chi connectivity index (χ3v) is 4.26. The van der Waals surface area contributed by atoms with Crippen molar-refractivity contribution in [3.05, 3.63) is 54.7 Å². The van der Waals surface area contributed by atoms with Gasteiger partial charge in [0, 0.05) is 30.8 Å². The maximum atomic E-state index is 5.68. The molecule has 1 aliphatic heterocycles. The molecule has 3 aromatic rings. The second kappa shape index (κ2) is 5.39. The van der Waals surface area contributed by atoms with Gasteiger partial charge in [-0.05, 0) is 29.4 Å². The van der Waals surface area contributed by atoms with Crippen molar-refractivity contribution in [1.82, 2.24) is 9.97 Å². The van der Waals surface area contributed by atoms with E-state index in [0.29, 0.717) is 5.92 Å². The summed E-state index contributed by atoms with van der Waals surface area (Å²) >= 11 is 0. The standard InChI is InChI=1S/C18H18N4/c19-10-13-11-22(12-13)18-20-8-7-17(21-18)16-6-5-14-3-1-2-4-15(14)9-16/h1-9,13H,10-12,19H2. The summed E-state index contributed by atoms with van der Waals surface area (Å²) in [4.78, 5) is 11.3. The summed E-state index contributed by atoms with van der Waals surface area (Å²) in [5.74, 6) is 1.38. The molecule has 0 atom stereocenters. The zero-order valence-electron chi connectivity index (χ0n) is 12.3. The Bertz CT molecular complexity index is 809. The van der Waals surface area contributed by atoms with Crippen LogP contribution in [0.1, 0.15) is 0 Å². The summed E-state index contributed by atoms with van der Waals surface area (Å²) in [7, 11) is 0. The van der Waals surface area contributed by atoms with Gasteiger partial charge in [0.1, 0.15) is 0 Å². The minimum Gasteiger partial charge on any atom is -0.340 e. The molecule has 0 amide bonds. The second-order valence-corrected chi connectivity index (χ2v) is 5.81. The van der Waals surface area contributed by atoms with Gasteiger partial charge in [-0.25, -0.2) is 9.97 Å². The summed E-state index contributed by atoms with van der Waals surface area (Å²) in [6, 6.07) is 16.8. The second-order valence-electron chi connectivity index (χ2n) is 5.81. The number of aromatic nitrogens is 2. The van der Waals surface area contributed by atoms with Gasteiger partial charge in [-0.15, -0.1) is 0 Å². The average Bonchev–Trinajstić information content (AvgIpc) is 2.54. The Morgan fingerprint density at radius 1 is 1.05 bits per heavy atom. The van der Waals surface area contributed by atoms with E-state index in [1.54, 1.807) is 0 Å². The van der Waals surface area contributed by atoms with Crippen molar-refractivity contribution in [1.29, 1.82) is 0 Å². The molecule has 2 N–H and O–H groups in total. The van der Waals surface area contributed by atoms with Gasteiger partial charge in [0.2, 0.25) is 5.95 Å². The number of anilines is 1. The zero-order valence-corrected chi connectivity index (χ0v) is 12.3. The molecular formula is C18H18N4. The Morgan fingerprint density at radius 3 is 2.68 bits per heavy atom. The first-order chi connectivity index (χ1) is 10.8. The molecule has 1 aliphatic rings. The largest absolute Gasteiger partial charge is 0.340 e. The highest BCUT2D eigenvalue weighted by Gasteiger charge is 2.27. The number of nitrogens with zero attached hydrogens (tertiary/aromatic N) is 3. The van der Waals surface area contributed by atoms with E-state index < -0.39 is 0 Å². The molecule has 0 aliphatic carbocycles. The van der Waals surface area contributed by atoms with Crippen LogP contribution in [0.15, 0.2) is 54.7 Å². The van der Waals surface area contributed by atoms with Gasteiger partial charge in [0.15, 0.2) is 0 Å². The van der Waals surface area contributed by atoms with Gasteiger partial charge in [0.05, 0.1) is 5.69 Å². The Morgan fingerprint density at radius 2 is 1.86 bits per heavy atom. The first-order valence-electron chi connectivity index (χ1n) is 7.61. The zero-order chi connectivity index (χ0) is 14.9. The van der Waals surface area contributed by atoms with Crippen LogP contribution in [0.2, 0.25) is 0 Å². The smallest absolute Gasteiger partial charge is 0.225 e. The van der Waals surface area contributed by atoms with Gasteiger partial charge in [-0.2, -0.15) is 0 Å². The molecule has 4 nitrogen and oxygen atoms in total. The first kappa shape index (κ1) is 13.2. The summed E-state index contributed by atoms with van der Waals surface area (Å²) in [5, 5.41) is 2.47. The predicted octanol–water partition coefficient (Wildman–Crippen LogP) is 2.69. The van der Waals surface area contributed by atoms with Gasteiger partial charge >= 0.3 is 0 Å². The highest BCUT2D eigenvalue weighted by atomic mass is 15.3. The topological polar surface area (TPSA) is 55.0 Å². The van der Waals surface area contributed by atoms with Gasteiger partial charge in [0.25, 0.3) is 0 Å². The lowest BCUT2D eigenvalue weighted by Crippen LogP contribution is -2.50. The van der Waals surface area contributed by atoms with Crippen LogP contribution in [0.25, 0.3) is 22.0 Å². The maximum Gasteiger partial charge on any atom is 0.225 e. The lowest BCUT2D eigenvalue weighted by Gasteiger charge is -2.38. The Kier molecular flexibility index (Phi) is 3.24. The molecule has 0 bridgehead atoms. The molecule has 2 heterocycles. The minimum atomic E-state index is 0.577. The highest BCUT2D eigenvalue weighted by molar-refractivity contribution is 5.86. The number of fused-ring (bicyclic) bond motifs is 1. The fourth-order valence-corrected chi connectivity index (χ4v) is 2.89. The van der Waals surface area contributed by atoms with Crippen molar-refractivity contribution >= 4 is 16.7 Å². The normalized spacial score (nSPS) is 15.0. The molecule has 1 aromatic heterocycles. The Hall–Kier alpha value is -2.46. The summed E-state index contributed by atoms with van der Waals surface area (Å²) in [5.41, 5.74) is 7.77. The van der Waals surface area contributed by atoms with Crippen LogP contribution < -0.4 is 10.6 Å². The predicted molar refractivity (Wildman–Crippen MR) is 89.7 cm³/mol. The van der Waals surface area contributed by atoms with E-state index >= 15 is 0 Å². The molecular weight excluding hydrogens is 272 g/mol. The van der Waals surface area contributed by atoms with Gasteiger partial charge < -0.3 is 10.6 Å². The van der Waals surface area contributed by atoms with E-state index in [4.69, 9.17) is 10.7 Å². The van der Waals surface area contributed by atoms with Crippen LogP contribution in [-0.4, -0.2) is 29.6 Å². The lowest BCUT2D eigenvalue weighted by molar-refractivity contribution is 0.413. The van der Waals surface area contributed by atoms with Crippen molar-refractivity contribution in [2.75, 3.05) is 24.5 Å². The molecule has 0 spiro atoms. The van der Waals surface area contributed by atoms with Crippen LogP contribution in [0.5, 0.6) is 0 Å². The van der Waals surface area contributed by atoms with Crippen molar-refractivity contribution < 1.29 is 0 Å². The average molecular weight is 290 g/mol. The fraction of sp³-hybridized carbons (Fsp3) is 0.222. The molecule has 2 aromatic carbocycles. The van der Waals surface area contributed by atoms with Gasteiger partial charge in [-0.3, -0.25) is 0 Å². The van der Waals surface area contributed by atoms with Crippen LogP contribution in [0, 0.1) is 5.92 Å². The minimum absolute atomic E-state index is 0.577. The van der Waals surface area contributed by atoms with E-state index in [1.165, 1.54) is 10.8 Å². The van der Waals surface area contributed by atoms with E-state index in [2.05, 4.69) is 52.3 Å². The number of rotatable bonds is 3. The monoisotopic (exact) mass is 290 g/mol. The molecule has 110 valence electrons. The van der Waals surface area contributed by atoms with Crippen molar-refractivity contribution in [3.8, 4) is 11.3 Å². The molecule has 4 heteroatoms. The van der Waals surface area contributed by atoms with E-state index in [-0.39, 0.29) is 0 Å². The number of nitrogens with two attached hydrogens (primary N) is 1. The SMILES string of the molecule is NCC1CN(c2nccc(-c3ccc4ccccc4c3)n2)C1. The van der Waals surface area contributed by atoms with Crippen molar-refractivity contribution in [2.45, 2.75) is 0 Å². The van der Waals surface area contributed by atoms with E-state index in [9.17, 15) is 0 Å². The molecule has 1 saturated heterocycles. The summed E-state index contributed by atoms with van der Waals surface area (Å²) in [6.45, 7) is 2.65. The quantitative estimate of drug-likeness (QED) is 0.806. The molecule has 0 radical (unpaired) electrons. The van der Waals surface area contributed by atoms with Crippen LogP contribution in [0.4, 0.5) is 5.95 Å². The van der Waals surface area contributed by atoms with Crippen molar-refractivity contribution in [2.24, 2.45) is 11.7 Å².